The molecule has 0 spiro atoms. The molecule has 0 atom stereocenters. The van der Waals surface area contributed by atoms with Crippen molar-refractivity contribution in [2.45, 2.75) is 33.1 Å². The zero-order valence-corrected chi connectivity index (χ0v) is 19.8. The van der Waals surface area contributed by atoms with Gasteiger partial charge in [-0.25, -0.2) is 4.68 Å². The van der Waals surface area contributed by atoms with Gasteiger partial charge in [0, 0.05) is 24.1 Å². The third-order valence-electron chi connectivity index (χ3n) is 5.81. The minimum absolute atomic E-state index is 0.0158. The lowest BCUT2D eigenvalue weighted by Gasteiger charge is -2.32. The molecule has 0 saturated heterocycles. The lowest BCUT2D eigenvalue weighted by atomic mass is 9.84. The summed E-state index contributed by atoms with van der Waals surface area (Å²) in [6, 6.07) is 18.9. The molecule has 2 amide bonds. The number of hydrogen-bond donors (Lipinski definition) is 1. The summed E-state index contributed by atoms with van der Waals surface area (Å²) in [7, 11) is 0. The Morgan fingerprint density at radius 1 is 1.12 bits per heavy atom. The van der Waals surface area contributed by atoms with Crippen molar-refractivity contribution >= 4 is 29.2 Å². The van der Waals surface area contributed by atoms with Crippen LogP contribution in [-0.2, 0) is 9.59 Å². The van der Waals surface area contributed by atoms with Crippen LogP contribution in [0.1, 0.15) is 33.1 Å². The molecule has 1 aliphatic carbocycles. The topological polar surface area (TPSA) is 67.2 Å². The van der Waals surface area contributed by atoms with Gasteiger partial charge in [-0.3, -0.25) is 9.59 Å². The maximum atomic E-state index is 13.1. The highest BCUT2D eigenvalue weighted by molar-refractivity contribution is 6.32. The van der Waals surface area contributed by atoms with Crippen LogP contribution in [0.25, 0.3) is 16.9 Å². The van der Waals surface area contributed by atoms with E-state index in [0.29, 0.717) is 23.1 Å². The van der Waals surface area contributed by atoms with Crippen molar-refractivity contribution in [1.29, 1.82) is 0 Å². The van der Waals surface area contributed by atoms with Crippen LogP contribution in [0, 0.1) is 11.8 Å². The van der Waals surface area contributed by atoms with Gasteiger partial charge in [0.1, 0.15) is 5.82 Å². The Morgan fingerprint density at radius 2 is 1.82 bits per heavy atom. The molecule has 0 unspecified atom stereocenters. The van der Waals surface area contributed by atoms with Crippen LogP contribution in [-0.4, -0.2) is 39.6 Å². The number of benzene rings is 2. The first-order chi connectivity index (χ1) is 15.9. The Kier molecular flexibility index (Phi) is 7.14. The van der Waals surface area contributed by atoms with E-state index in [1.807, 2.05) is 54.6 Å². The monoisotopic (exact) mass is 464 g/mol. The van der Waals surface area contributed by atoms with E-state index in [1.54, 1.807) is 15.6 Å². The fourth-order valence-electron chi connectivity index (χ4n) is 3.97. The fourth-order valence-corrected chi connectivity index (χ4v) is 4.19. The molecule has 1 heterocycles. The van der Waals surface area contributed by atoms with Crippen LogP contribution in [0.2, 0.25) is 5.02 Å². The SMILES string of the molecule is CC(C)CN(CC(=O)Nc1cc(-c2ccccc2)nn1-c1ccccc1Cl)C(=O)C1CCC1. The van der Waals surface area contributed by atoms with E-state index in [0.717, 1.165) is 30.5 Å². The van der Waals surface area contributed by atoms with E-state index in [1.165, 1.54) is 0 Å². The number of amides is 2. The van der Waals surface area contributed by atoms with E-state index in [9.17, 15) is 9.59 Å². The molecule has 0 bridgehead atoms. The van der Waals surface area contributed by atoms with E-state index in [4.69, 9.17) is 16.7 Å². The van der Waals surface area contributed by atoms with Crippen LogP contribution in [0.5, 0.6) is 0 Å². The summed E-state index contributed by atoms with van der Waals surface area (Å²) in [5.74, 6) is 0.661. The summed E-state index contributed by atoms with van der Waals surface area (Å²) in [4.78, 5) is 27.6. The smallest absolute Gasteiger partial charge is 0.245 e. The van der Waals surface area contributed by atoms with Gasteiger partial charge >= 0.3 is 0 Å². The van der Waals surface area contributed by atoms with Crippen molar-refractivity contribution in [1.82, 2.24) is 14.7 Å². The average molecular weight is 465 g/mol. The van der Waals surface area contributed by atoms with Crippen LogP contribution < -0.4 is 5.32 Å². The molecule has 0 aliphatic heterocycles. The Morgan fingerprint density at radius 3 is 2.45 bits per heavy atom. The first kappa shape index (κ1) is 23.1. The number of anilines is 1. The van der Waals surface area contributed by atoms with Gasteiger partial charge in [-0.1, -0.05) is 74.3 Å². The highest BCUT2D eigenvalue weighted by Crippen LogP contribution is 2.30. The summed E-state index contributed by atoms with van der Waals surface area (Å²) in [5, 5.41) is 8.21. The minimum atomic E-state index is -0.254. The second-order valence-corrected chi connectivity index (χ2v) is 9.34. The largest absolute Gasteiger partial charge is 0.333 e. The van der Waals surface area contributed by atoms with Gasteiger partial charge in [-0.15, -0.1) is 0 Å². The second-order valence-electron chi connectivity index (χ2n) is 8.93. The standard InChI is InChI=1S/C26H29ClN4O2/c1-18(2)16-30(26(33)20-11-8-12-20)17-25(32)28-24-15-22(19-9-4-3-5-10-19)29-31(24)23-14-7-6-13-21(23)27/h3-7,9-10,13-15,18,20H,8,11-12,16-17H2,1-2H3,(H,28,32). The maximum Gasteiger partial charge on any atom is 0.245 e. The van der Waals surface area contributed by atoms with Crippen LogP contribution >= 0.6 is 11.6 Å². The molecule has 4 rings (SSSR count). The number of aromatic nitrogens is 2. The lowest BCUT2D eigenvalue weighted by molar-refractivity contribution is -0.141. The zero-order valence-electron chi connectivity index (χ0n) is 19.0. The molecule has 2 aromatic carbocycles. The van der Waals surface area contributed by atoms with Crippen molar-refractivity contribution < 1.29 is 9.59 Å². The minimum Gasteiger partial charge on any atom is -0.333 e. The van der Waals surface area contributed by atoms with Gasteiger partial charge in [0.15, 0.2) is 0 Å². The van der Waals surface area contributed by atoms with Gasteiger partial charge in [0.25, 0.3) is 0 Å². The van der Waals surface area contributed by atoms with Gasteiger partial charge in [-0.2, -0.15) is 5.10 Å². The molecule has 1 fully saturated rings. The van der Waals surface area contributed by atoms with Crippen molar-refractivity contribution in [2.24, 2.45) is 11.8 Å². The van der Waals surface area contributed by atoms with Crippen molar-refractivity contribution in [2.75, 3.05) is 18.4 Å². The number of para-hydroxylation sites is 1. The predicted molar refractivity (Wildman–Crippen MR) is 131 cm³/mol. The molecule has 1 N–H and O–H groups in total. The highest BCUT2D eigenvalue weighted by atomic mass is 35.5. The summed E-state index contributed by atoms with van der Waals surface area (Å²) in [6.45, 7) is 4.68. The molecule has 1 aliphatic rings. The Labute approximate surface area is 199 Å². The van der Waals surface area contributed by atoms with E-state index in [-0.39, 0.29) is 30.2 Å². The molecule has 6 nitrogen and oxygen atoms in total. The molecule has 1 saturated carbocycles. The molecule has 3 aromatic rings. The third-order valence-corrected chi connectivity index (χ3v) is 6.13. The summed E-state index contributed by atoms with van der Waals surface area (Å²) in [6.07, 6.45) is 2.90. The summed E-state index contributed by atoms with van der Waals surface area (Å²) < 4.78 is 1.64. The second kappa shape index (κ2) is 10.2. The van der Waals surface area contributed by atoms with E-state index >= 15 is 0 Å². The first-order valence-corrected chi connectivity index (χ1v) is 11.8. The molecular weight excluding hydrogens is 436 g/mol. The van der Waals surface area contributed by atoms with E-state index < -0.39 is 0 Å². The predicted octanol–water partition coefficient (Wildman–Crippen LogP) is 5.42. The Balaban J connectivity index is 1.60. The van der Waals surface area contributed by atoms with Gasteiger partial charge in [0.2, 0.25) is 11.8 Å². The molecular formula is C26H29ClN4O2. The molecule has 1 aromatic heterocycles. The zero-order chi connectivity index (χ0) is 23.4. The highest BCUT2D eigenvalue weighted by Gasteiger charge is 2.31. The number of hydrogen-bond acceptors (Lipinski definition) is 3. The molecule has 7 heteroatoms. The number of carbonyl (C=O) groups is 2. The number of carbonyl (C=O) groups excluding carboxylic acids is 2. The van der Waals surface area contributed by atoms with Crippen molar-refractivity contribution in [3.05, 3.63) is 65.7 Å². The third kappa shape index (κ3) is 5.45. The maximum absolute atomic E-state index is 13.1. The number of rotatable bonds is 8. The quantitative estimate of drug-likeness (QED) is 0.484. The number of halogens is 1. The normalized spacial score (nSPS) is 13.6. The fraction of sp³-hybridized carbons (Fsp3) is 0.346. The van der Waals surface area contributed by atoms with Crippen molar-refractivity contribution in [3.8, 4) is 16.9 Å². The molecule has 33 heavy (non-hydrogen) atoms. The Hall–Kier alpha value is -3.12. The lowest BCUT2D eigenvalue weighted by Crippen LogP contribution is -2.44. The van der Waals surface area contributed by atoms with E-state index in [2.05, 4.69) is 19.2 Å². The van der Waals surface area contributed by atoms with Crippen LogP contribution in [0.3, 0.4) is 0 Å². The van der Waals surface area contributed by atoms with Crippen molar-refractivity contribution in [3.63, 3.8) is 0 Å². The number of nitrogens with zero attached hydrogens (tertiary/aromatic N) is 3. The van der Waals surface area contributed by atoms with Gasteiger partial charge in [-0.05, 0) is 30.9 Å². The molecule has 0 radical (unpaired) electrons. The Bertz CT molecular complexity index is 1120. The van der Waals surface area contributed by atoms with Crippen LogP contribution in [0.15, 0.2) is 60.7 Å². The summed E-state index contributed by atoms with van der Waals surface area (Å²) >= 11 is 6.44. The van der Waals surface area contributed by atoms with Gasteiger partial charge < -0.3 is 10.2 Å². The summed E-state index contributed by atoms with van der Waals surface area (Å²) in [5.41, 5.74) is 2.32. The first-order valence-electron chi connectivity index (χ1n) is 11.4. The average Bonchev–Trinajstić information content (AvgIpc) is 3.16. The number of nitrogens with one attached hydrogen (secondary N) is 1. The molecule has 172 valence electrons. The van der Waals surface area contributed by atoms with Gasteiger partial charge in [0.05, 0.1) is 22.9 Å². The van der Waals surface area contributed by atoms with Crippen LogP contribution in [0.4, 0.5) is 5.82 Å².